The molecule has 1 amide bonds. The predicted octanol–water partition coefficient (Wildman–Crippen LogP) is 2.57. The van der Waals surface area contributed by atoms with E-state index in [1.165, 1.54) is 0 Å². The van der Waals surface area contributed by atoms with Gasteiger partial charge in [-0.2, -0.15) is 0 Å². The number of aliphatic hydroxyl groups is 1. The highest BCUT2D eigenvalue weighted by atomic mass is 16.5. The number of aliphatic hydroxyl groups excluding tert-OH is 1. The van der Waals surface area contributed by atoms with Gasteiger partial charge in [-0.15, -0.1) is 0 Å². The predicted molar refractivity (Wildman–Crippen MR) is 79.8 cm³/mol. The number of amides is 1. The highest BCUT2D eigenvalue weighted by Gasteiger charge is 2.53. The van der Waals surface area contributed by atoms with Gasteiger partial charge >= 0.3 is 0 Å². The Morgan fingerprint density at radius 1 is 1.43 bits per heavy atom. The molecular formula is C17H23NO3. The van der Waals surface area contributed by atoms with Crippen LogP contribution in [0.25, 0.3) is 0 Å². The third-order valence-electron chi connectivity index (χ3n) is 4.63. The molecule has 114 valence electrons. The van der Waals surface area contributed by atoms with Crippen molar-refractivity contribution in [3.05, 3.63) is 35.9 Å². The van der Waals surface area contributed by atoms with Gasteiger partial charge in [0.1, 0.15) is 5.72 Å². The molecule has 1 aliphatic heterocycles. The quantitative estimate of drug-likeness (QED) is 0.930. The zero-order valence-corrected chi connectivity index (χ0v) is 12.5. The molecule has 1 heterocycles. The fraction of sp³-hybridized carbons (Fsp3) is 0.588. The van der Waals surface area contributed by atoms with Gasteiger partial charge in [-0.05, 0) is 31.4 Å². The van der Waals surface area contributed by atoms with E-state index in [2.05, 4.69) is 6.92 Å². The molecule has 1 saturated carbocycles. The second kappa shape index (κ2) is 5.78. The molecule has 0 unspecified atom stereocenters. The summed E-state index contributed by atoms with van der Waals surface area (Å²) in [4.78, 5) is 14.9. The van der Waals surface area contributed by atoms with Gasteiger partial charge in [0.05, 0.1) is 18.8 Å². The molecule has 1 spiro atoms. The van der Waals surface area contributed by atoms with Crippen molar-refractivity contribution < 1.29 is 14.6 Å². The number of carbonyl (C=O) groups excluding carboxylic acids is 1. The molecule has 4 heteroatoms. The summed E-state index contributed by atoms with van der Waals surface area (Å²) in [6.07, 6.45) is 3.56. The largest absolute Gasteiger partial charge is 0.393 e. The lowest BCUT2D eigenvalue weighted by molar-refractivity contribution is -0.0710. The lowest BCUT2D eigenvalue weighted by atomic mass is 10.0. The highest BCUT2D eigenvalue weighted by molar-refractivity contribution is 5.95. The van der Waals surface area contributed by atoms with E-state index >= 15 is 0 Å². The molecule has 2 fully saturated rings. The van der Waals surface area contributed by atoms with Crippen LogP contribution in [0.3, 0.4) is 0 Å². The summed E-state index contributed by atoms with van der Waals surface area (Å²) >= 11 is 0. The first-order valence-electron chi connectivity index (χ1n) is 7.87. The second-order valence-electron chi connectivity index (χ2n) is 6.14. The minimum Gasteiger partial charge on any atom is -0.393 e. The smallest absolute Gasteiger partial charge is 0.256 e. The number of hydrogen-bond donors (Lipinski definition) is 1. The summed E-state index contributed by atoms with van der Waals surface area (Å²) in [5.74, 6) is 0.0284. The Morgan fingerprint density at radius 3 is 2.81 bits per heavy atom. The molecule has 1 aromatic carbocycles. The highest BCUT2D eigenvalue weighted by Crippen LogP contribution is 2.43. The Morgan fingerprint density at radius 2 is 2.19 bits per heavy atom. The first-order chi connectivity index (χ1) is 10.2. The standard InChI is InChI=1S/C17H23NO3/c1-2-6-14-12-21-17(10-9-15(19)11-17)18(14)16(20)13-7-4-3-5-8-13/h3-5,7-8,14-15,19H,2,6,9-12H2,1H3/t14-,15-,17+/m1/s1. The van der Waals surface area contributed by atoms with Gasteiger partial charge in [-0.3, -0.25) is 4.79 Å². The number of carbonyl (C=O) groups is 1. The summed E-state index contributed by atoms with van der Waals surface area (Å²) in [6, 6.07) is 9.50. The number of rotatable bonds is 3. The van der Waals surface area contributed by atoms with Gasteiger partial charge in [0.25, 0.3) is 5.91 Å². The molecule has 1 saturated heterocycles. The molecule has 21 heavy (non-hydrogen) atoms. The van der Waals surface area contributed by atoms with Crippen LogP contribution in [0.4, 0.5) is 0 Å². The minimum absolute atomic E-state index is 0.0284. The molecule has 3 rings (SSSR count). The molecule has 3 atom stereocenters. The minimum atomic E-state index is -0.591. The van der Waals surface area contributed by atoms with Crippen molar-refractivity contribution in [1.29, 1.82) is 0 Å². The molecular weight excluding hydrogens is 266 g/mol. The second-order valence-corrected chi connectivity index (χ2v) is 6.14. The van der Waals surface area contributed by atoms with E-state index in [4.69, 9.17) is 4.74 Å². The first-order valence-corrected chi connectivity index (χ1v) is 7.87. The van der Waals surface area contributed by atoms with Crippen molar-refractivity contribution in [2.45, 2.75) is 56.9 Å². The summed E-state index contributed by atoms with van der Waals surface area (Å²) in [5.41, 5.74) is 0.108. The van der Waals surface area contributed by atoms with E-state index in [0.29, 0.717) is 25.0 Å². The van der Waals surface area contributed by atoms with Gasteiger partial charge in [-0.1, -0.05) is 31.5 Å². The Hall–Kier alpha value is -1.39. The van der Waals surface area contributed by atoms with E-state index in [-0.39, 0.29) is 18.1 Å². The van der Waals surface area contributed by atoms with E-state index < -0.39 is 5.72 Å². The van der Waals surface area contributed by atoms with Crippen molar-refractivity contribution in [3.8, 4) is 0 Å². The third-order valence-corrected chi connectivity index (χ3v) is 4.63. The Bertz CT molecular complexity index is 504. The van der Waals surface area contributed by atoms with Crippen LogP contribution in [0.1, 0.15) is 49.4 Å². The lowest BCUT2D eigenvalue weighted by Gasteiger charge is -2.36. The summed E-state index contributed by atoms with van der Waals surface area (Å²) in [6.45, 7) is 2.71. The summed E-state index contributed by atoms with van der Waals surface area (Å²) in [7, 11) is 0. The average molecular weight is 289 g/mol. The maximum atomic E-state index is 13.0. The van der Waals surface area contributed by atoms with Crippen molar-refractivity contribution in [2.24, 2.45) is 0 Å². The molecule has 2 aliphatic rings. The van der Waals surface area contributed by atoms with Crippen molar-refractivity contribution in [1.82, 2.24) is 4.90 Å². The number of benzene rings is 1. The number of hydrogen-bond acceptors (Lipinski definition) is 3. The Balaban J connectivity index is 1.91. The van der Waals surface area contributed by atoms with E-state index in [0.717, 1.165) is 19.3 Å². The van der Waals surface area contributed by atoms with Crippen LogP contribution in [0.2, 0.25) is 0 Å². The maximum Gasteiger partial charge on any atom is 0.256 e. The van der Waals surface area contributed by atoms with E-state index in [1.807, 2.05) is 35.2 Å². The molecule has 1 N–H and O–H groups in total. The van der Waals surface area contributed by atoms with Crippen molar-refractivity contribution in [2.75, 3.05) is 6.61 Å². The summed E-state index contributed by atoms with van der Waals surface area (Å²) in [5, 5.41) is 9.92. The fourth-order valence-corrected chi connectivity index (χ4v) is 3.66. The maximum absolute atomic E-state index is 13.0. The number of ether oxygens (including phenoxy) is 1. The Labute approximate surface area is 125 Å². The van der Waals surface area contributed by atoms with Crippen molar-refractivity contribution in [3.63, 3.8) is 0 Å². The van der Waals surface area contributed by atoms with Gasteiger partial charge in [0.2, 0.25) is 0 Å². The first kappa shape index (κ1) is 14.5. The monoisotopic (exact) mass is 289 g/mol. The lowest BCUT2D eigenvalue weighted by Crippen LogP contribution is -2.50. The van der Waals surface area contributed by atoms with Crippen LogP contribution in [-0.4, -0.2) is 40.4 Å². The SMILES string of the molecule is CCC[C@@H]1CO[C@]2(CC[C@@H](O)C2)N1C(=O)c1ccccc1. The molecule has 0 radical (unpaired) electrons. The van der Waals surface area contributed by atoms with Crippen molar-refractivity contribution >= 4 is 5.91 Å². The van der Waals surface area contributed by atoms with Gasteiger partial charge in [0, 0.05) is 12.0 Å². The third kappa shape index (κ3) is 2.58. The molecule has 1 aliphatic carbocycles. The fourth-order valence-electron chi connectivity index (χ4n) is 3.66. The van der Waals surface area contributed by atoms with Gasteiger partial charge in [0.15, 0.2) is 0 Å². The van der Waals surface area contributed by atoms with Crippen LogP contribution < -0.4 is 0 Å². The zero-order valence-electron chi connectivity index (χ0n) is 12.5. The van der Waals surface area contributed by atoms with E-state index in [9.17, 15) is 9.90 Å². The van der Waals surface area contributed by atoms with Crippen LogP contribution in [0, 0.1) is 0 Å². The van der Waals surface area contributed by atoms with Gasteiger partial charge in [-0.25, -0.2) is 0 Å². The van der Waals surface area contributed by atoms with Crippen LogP contribution >= 0.6 is 0 Å². The zero-order chi connectivity index (χ0) is 14.9. The normalized spacial score (nSPS) is 32.0. The van der Waals surface area contributed by atoms with Crippen LogP contribution in [0.15, 0.2) is 30.3 Å². The molecule has 4 nitrogen and oxygen atoms in total. The molecule has 0 bridgehead atoms. The molecule has 1 aromatic rings. The van der Waals surface area contributed by atoms with Crippen LogP contribution in [0.5, 0.6) is 0 Å². The summed E-state index contributed by atoms with van der Waals surface area (Å²) < 4.78 is 6.04. The van der Waals surface area contributed by atoms with Gasteiger partial charge < -0.3 is 14.7 Å². The van der Waals surface area contributed by atoms with E-state index in [1.54, 1.807) is 0 Å². The molecule has 0 aromatic heterocycles. The topological polar surface area (TPSA) is 49.8 Å². The number of nitrogens with zero attached hydrogens (tertiary/aromatic N) is 1. The Kier molecular flexibility index (Phi) is 4.00. The van der Waals surface area contributed by atoms with Crippen LogP contribution in [-0.2, 0) is 4.74 Å². The average Bonchev–Trinajstić information content (AvgIpc) is 3.04.